The van der Waals surface area contributed by atoms with Crippen LogP contribution in [-0.4, -0.2) is 5.16 Å². The molecule has 0 radical (unpaired) electrons. The van der Waals surface area contributed by atoms with Gasteiger partial charge in [-0.05, 0) is 12.1 Å². The van der Waals surface area contributed by atoms with E-state index in [2.05, 4.69) is 15.4 Å². The highest BCUT2D eigenvalue weighted by atomic mass is 16.5. The summed E-state index contributed by atoms with van der Waals surface area (Å²) in [5, 5.41) is 11.8. The van der Waals surface area contributed by atoms with Gasteiger partial charge < -0.3 is 4.52 Å². The van der Waals surface area contributed by atoms with Crippen LogP contribution >= 0.6 is 0 Å². The van der Waals surface area contributed by atoms with E-state index in [9.17, 15) is 0 Å². The maximum absolute atomic E-state index is 5.00. The zero-order valence-electron chi connectivity index (χ0n) is 8.42. The van der Waals surface area contributed by atoms with Crippen LogP contribution in [0.2, 0.25) is 0 Å². The van der Waals surface area contributed by atoms with Crippen LogP contribution in [0.15, 0.2) is 51.3 Å². The quantitative estimate of drug-likeness (QED) is 0.711. The van der Waals surface area contributed by atoms with E-state index in [1.54, 1.807) is 6.20 Å². The number of rotatable bonds is 3. The number of benzene rings is 1. The summed E-state index contributed by atoms with van der Waals surface area (Å²) in [5.41, 5.74) is 1.52. The highest BCUT2D eigenvalue weighted by Crippen LogP contribution is 2.21. The van der Waals surface area contributed by atoms with Crippen LogP contribution in [-0.2, 0) is 6.42 Å². The molecule has 76 valence electrons. The first-order valence-electron chi connectivity index (χ1n) is 4.80. The Bertz CT molecular complexity index is 448. The molecule has 0 atom stereocenters. The zero-order valence-corrected chi connectivity index (χ0v) is 8.42. The van der Waals surface area contributed by atoms with E-state index in [0.29, 0.717) is 5.69 Å². The summed E-state index contributed by atoms with van der Waals surface area (Å²) >= 11 is 0. The second kappa shape index (κ2) is 4.50. The fourth-order valence-electron chi connectivity index (χ4n) is 1.19. The molecule has 1 aromatic carbocycles. The van der Waals surface area contributed by atoms with E-state index in [1.165, 1.54) is 0 Å². The Hall–Kier alpha value is -1.97. The van der Waals surface area contributed by atoms with Gasteiger partial charge in [0, 0.05) is 6.42 Å². The first-order chi connectivity index (χ1) is 7.40. The van der Waals surface area contributed by atoms with Crippen LogP contribution < -0.4 is 0 Å². The van der Waals surface area contributed by atoms with Crippen molar-refractivity contribution in [3.63, 3.8) is 0 Å². The lowest BCUT2D eigenvalue weighted by Crippen LogP contribution is -1.72. The van der Waals surface area contributed by atoms with Crippen LogP contribution in [0.1, 0.15) is 12.7 Å². The molecule has 0 amide bonds. The van der Waals surface area contributed by atoms with Gasteiger partial charge in [0.1, 0.15) is 5.69 Å². The molecule has 4 heteroatoms. The van der Waals surface area contributed by atoms with Crippen molar-refractivity contribution >= 4 is 11.4 Å². The predicted octanol–water partition coefficient (Wildman–Crippen LogP) is 3.65. The van der Waals surface area contributed by atoms with Crippen molar-refractivity contribution in [2.75, 3.05) is 0 Å². The molecule has 2 aromatic rings. The maximum Gasteiger partial charge on any atom is 0.163 e. The molecule has 0 fully saturated rings. The molecule has 0 aliphatic heterocycles. The van der Waals surface area contributed by atoms with E-state index < -0.39 is 0 Å². The normalized spacial score (nSPS) is 11.0. The first kappa shape index (κ1) is 9.58. The monoisotopic (exact) mass is 201 g/mol. The van der Waals surface area contributed by atoms with Crippen molar-refractivity contribution in [2.45, 2.75) is 13.3 Å². The Morgan fingerprint density at radius 2 is 2.00 bits per heavy atom. The molecule has 0 spiro atoms. The third kappa shape index (κ3) is 2.28. The molecule has 15 heavy (non-hydrogen) atoms. The zero-order chi connectivity index (χ0) is 10.5. The lowest BCUT2D eigenvalue weighted by molar-refractivity contribution is 0.387. The summed E-state index contributed by atoms with van der Waals surface area (Å²) in [6.45, 7) is 1.99. The van der Waals surface area contributed by atoms with Gasteiger partial charge in [-0.1, -0.05) is 30.3 Å². The average Bonchev–Trinajstić information content (AvgIpc) is 2.75. The van der Waals surface area contributed by atoms with Crippen molar-refractivity contribution in [1.29, 1.82) is 0 Å². The van der Waals surface area contributed by atoms with Crippen molar-refractivity contribution in [2.24, 2.45) is 10.2 Å². The lowest BCUT2D eigenvalue weighted by atomic mass is 10.3. The number of azo groups is 1. The Morgan fingerprint density at radius 3 is 2.73 bits per heavy atom. The standard InChI is InChI=1S/C11H11N3O/c1-2-11-10(8-12-15-11)14-13-9-6-4-3-5-7-9/h3-8H,2H2,1H3. The third-order valence-electron chi connectivity index (χ3n) is 1.97. The van der Waals surface area contributed by atoms with E-state index in [4.69, 9.17) is 4.52 Å². The largest absolute Gasteiger partial charge is 0.359 e. The SMILES string of the molecule is CCc1oncc1N=Nc1ccccc1. The number of aromatic nitrogens is 1. The molecular weight excluding hydrogens is 190 g/mol. The number of nitrogens with zero attached hydrogens (tertiary/aromatic N) is 3. The van der Waals surface area contributed by atoms with Gasteiger partial charge >= 0.3 is 0 Å². The smallest absolute Gasteiger partial charge is 0.163 e. The fourth-order valence-corrected chi connectivity index (χ4v) is 1.19. The molecule has 0 bridgehead atoms. The molecule has 0 aliphatic rings. The summed E-state index contributed by atoms with van der Waals surface area (Å²) in [5.74, 6) is 0.759. The number of hydrogen-bond donors (Lipinski definition) is 0. The molecule has 1 heterocycles. The molecule has 0 saturated carbocycles. The van der Waals surface area contributed by atoms with Gasteiger partial charge in [0.25, 0.3) is 0 Å². The topological polar surface area (TPSA) is 50.8 Å². The van der Waals surface area contributed by atoms with Crippen LogP contribution in [0, 0.1) is 0 Å². The van der Waals surface area contributed by atoms with Crippen molar-refractivity contribution in [3.05, 3.63) is 42.3 Å². The Kier molecular flexibility index (Phi) is 2.88. The van der Waals surface area contributed by atoms with Crippen LogP contribution in [0.5, 0.6) is 0 Å². The lowest BCUT2D eigenvalue weighted by Gasteiger charge is -1.90. The van der Waals surface area contributed by atoms with Crippen LogP contribution in [0.25, 0.3) is 0 Å². The van der Waals surface area contributed by atoms with E-state index >= 15 is 0 Å². The van der Waals surface area contributed by atoms with Crippen LogP contribution in [0.3, 0.4) is 0 Å². The predicted molar refractivity (Wildman–Crippen MR) is 56.5 cm³/mol. The second-order valence-electron chi connectivity index (χ2n) is 3.02. The molecule has 0 aliphatic carbocycles. The van der Waals surface area contributed by atoms with Gasteiger partial charge in [-0.3, -0.25) is 0 Å². The highest BCUT2D eigenvalue weighted by Gasteiger charge is 2.03. The molecule has 4 nitrogen and oxygen atoms in total. The molecule has 0 unspecified atom stereocenters. The summed E-state index contributed by atoms with van der Waals surface area (Å²) < 4.78 is 5.00. The van der Waals surface area contributed by atoms with Crippen molar-refractivity contribution in [3.8, 4) is 0 Å². The summed E-state index contributed by atoms with van der Waals surface area (Å²) in [6, 6.07) is 9.56. The molecule has 2 rings (SSSR count). The fraction of sp³-hybridized carbons (Fsp3) is 0.182. The number of aryl methyl sites for hydroxylation is 1. The van der Waals surface area contributed by atoms with Crippen molar-refractivity contribution < 1.29 is 4.52 Å². The van der Waals surface area contributed by atoms with E-state index in [1.807, 2.05) is 37.3 Å². The Labute approximate surface area is 87.6 Å². The molecule has 0 saturated heterocycles. The Balaban J connectivity index is 2.19. The van der Waals surface area contributed by atoms with Gasteiger partial charge in [-0.2, -0.15) is 5.11 Å². The van der Waals surface area contributed by atoms with Gasteiger partial charge in [-0.25, -0.2) is 0 Å². The summed E-state index contributed by atoms with van der Waals surface area (Å²) in [7, 11) is 0. The first-order valence-corrected chi connectivity index (χ1v) is 4.80. The maximum atomic E-state index is 5.00. The minimum absolute atomic E-state index is 0.696. The highest BCUT2D eigenvalue weighted by molar-refractivity contribution is 5.40. The van der Waals surface area contributed by atoms with E-state index in [0.717, 1.165) is 17.9 Å². The van der Waals surface area contributed by atoms with Crippen LogP contribution in [0.4, 0.5) is 11.4 Å². The Morgan fingerprint density at radius 1 is 1.20 bits per heavy atom. The third-order valence-corrected chi connectivity index (χ3v) is 1.97. The van der Waals surface area contributed by atoms with Gasteiger partial charge in [0.15, 0.2) is 5.76 Å². The van der Waals surface area contributed by atoms with Gasteiger partial charge in [0.2, 0.25) is 0 Å². The van der Waals surface area contributed by atoms with E-state index in [-0.39, 0.29) is 0 Å². The van der Waals surface area contributed by atoms with Gasteiger partial charge in [-0.15, -0.1) is 5.11 Å². The van der Waals surface area contributed by atoms with Crippen molar-refractivity contribution in [1.82, 2.24) is 5.16 Å². The summed E-state index contributed by atoms with van der Waals surface area (Å²) in [4.78, 5) is 0. The minimum Gasteiger partial charge on any atom is -0.359 e. The second-order valence-corrected chi connectivity index (χ2v) is 3.02. The number of hydrogen-bond acceptors (Lipinski definition) is 4. The summed E-state index contributed by atoms with van der Waals surface area (Å²) in [6.07, 6.45) is 2.34. The average molecular weight is 201 g/mol. The van der Waals surface area contributed by atoms with Gasteiger partial charge in [0.05, 0.1) is 11.9 Å². The minimum atomic E-state index is 0.696. The molecule has 1 aromatic heterocycles. The molecule has 0 N–H and O–H groups in total. The molecular formula is C11H11N3O.